The zero-order valence-corrected chi connectivity index (χ0v) is 14.9. The molecule has 0 aliphatic heterocycles. The molecule has 0 saturated carbocycles. The van der Waals surface area contributed by atoms with Gasteiger partial charge >= 0.3 is 5.97 Å². The fraction of sp³-hybridized carbons (Fsp3) is 0.389. The standard InChI is InChI=1S/C18H21ClN2O4/c1-11(2)9-14(18(23)24)21-16(22)7-8-17-20-10-15(25-17)12-3-5-13(19)6-4-12/h3-6,10-11,14H,7-9H2,1-2H3,(H,21,22)(H,23,24)/t14-/m0/s1. The van der Waals surface area contributed by atoms with Crippen LogP contribution in [0, 0.1) is 5.92 Å². The maximum atomic E-state index is 12.0. The fourth-order valence-electron chi connectivity index (χ4n) is 2.35. The summed E-state index contributed by atoms with van der Waals surface area (Å²) in [5, 5.41) is 12.3. The number of hydrogen-bond donors (Lipinski definition) is 2. The molecule has 0 fully saturated rings. The van der Waals surface area contributed by atoms with E-state index in [1.54, 1.807) is 18.3 Å². The second kappa shape index (κ2) is 8.67. The molecule has 0 bridgehead atoms. The molecule has 2 aromatic rings. The third-order valence-corrected chi connectivity index (χ3v) is 3.84. The van der Waals surface area contributed by atoms with E-state index >= 15 is 0 Å². The molecule has 0 unspecified atom stereocenters. The van der Waals surface area contributed by atoms with E-state index in [1.165, 1.54) is 0 Å². The lowest BCUT2D eigenvalue weighted by Crippen LogP contribution is -2.41. The SMILES string of the molecule is CC(C)C[C@H](NC(=O)CCc1ncc(-c2ccc(Cl)cc2)o1)C(=O)O. The van der Waals surface area contributed by atoms with E-state index in [9.17, 15) is 9.59 Å². The van der Waals surface area contributed by atoms with Crippen LogP contribution in [-0.2, 0) is 16.0 Å². The molecule has 1 atom stereocenters. The van der Waals surface area contributed by atoms with Gasteiger partial charge in [-0.25, -0.2) is 9.78 Å². The van der Waals surface area contributed by atoms with Gasteiger partial charge < -0.3 is 14.8 Å². The number of aromatic nitrogens is 1. The first-order chi connectivity index (χ1) is 11.8. The Balaban J connectivity index is 1.89. The first-order valence-electron chi connectivity index (χ1n) is 8.08. The van der Waals surface area contributed by atoms with E-state index in [4.69, 9.17) is 21.1 Å². The van der Waals surface area contributed by atoms with Crippen LogP contribution in [-0.4, -0.2) is 28.0 Å². The lowest BCUT2D eigenvalue weighted by molar-refractivity contribution is -0.142. The summed E-state index contributed by atoms with van der Waals surface area (Å²) in [4.78, 5) is 27.3. The van der Waals surface area contributed by atoms with E-state index in [-0.39, 0.29) is 18.2 Å². The fourth-order valence-corrected chi connectivity index (χ4v) is 2.48. The molecule has 2 rings (SSSR count). The highest BCUT2D eigenvalue weighted by molar-refractivity contribution is 6.30. The lowest BCUT2D eigenvalue weighted by atomic mass is 10.0. The van der Waals surface area contributed by atoms with E-state index < -0.39 is 12.0 Å². The van der Waals surface area contributed by atoms with Crippen molar-refractivity contribution in [2.45, 2.75) is 39.2 Å². The van der Waals surface area contributed by atoms with Crippen LogP contribution in [0.4, 0.5) is 0 Å². The van der Waals surface area contributed by atoms with Gasteiger partial charge in [-0.3, -0.25) is 4.79 Å². The largest absolute Gasteiger partial charge is 0.480 e. The summed E-state index contributed by atoms with van der Waals surface area (Å²) in [6.07, 6.45) is 2.39. The van der Waals surface area contributed by atoms with Crippen LogP contribution in [0.25, 0.3) is 11.3 Å². The van der Waals surface area contributed by atoms with E-state index in [1.807, 2.05) is 26.0 Å². The highest BCUT2D eigenvalue weighted by Crippen LogP contribution is 2.22. The number of hydrogen-bond acceptors (Lipinski definition) is 4. The number of oxazole rings is 1. The summed E-state index contributed by atoms with van der Waals surface area (Å²) >= 11 is 5.85. The summed E-state index contributed by atoms with van der Waals surface area (Å²) in [6.45, 7) is 3.82. The summed E-state index contributed by atoms with van der Waals surface area (Å²) in [5.74, 6) is -0.163. The van der Waals surface area contributed by atoms with Gasteiger partial charge in [0.2, 0.25) is 5.91 Å². The molecule has 1 aromatic heterocycles. The molecule has 0 aliphatic rings. The molecule has 1 aromatic carbocycles. The Hall–Kier alpha value is -2.34. The molecule has 134 valence electrons. The quantitative estimate of drug-likeness (QED) is 0.747. The summed E-state index contributed by atoms with van der Waals surface area (Å²) < 4.78 is 5.63. The average Bonchev–Trinajstić information content (AvgIpc) is 3.01. The van der Waals surface area contributed by atoms with Crippen LogP contribution < -0.4 is 5.32 Å². The van der Waals surface area contributed by atoms with Gasteiger partial charge in [0.1, 0.15) is 6.04 Å². The van der Waals surface area contributed by atoms with Gasteiger partial charge in [0.15, 0.2) is 11.7 Å². The Labute approximate surface area is 151 Å². The molecule has 0 aliphatic carbocycles. The number of amides is 1. The summed E-state index contributed by atoms with van der Waals surface area (Å²) in [6, 6.07) is 6.29. The highest BCUT2D eigenvalue weighted by Gasteiger charge is 2.21. The van der Waals surface area contributed by atoms with Gasteiger partial charge in [0.25, 0.3) is 0 Å². The number of carboxylic acid groups (broad SMARTS) is 1. The molecule has 25 heavy (non-hydrogen) atoms. The maximum absolute atomic E-state index is 12.0. The van der Waals surface area contributed by atoms with E-state index in [0.717, 1.165) is 5.56 Å². The van der Waals surface area contributed by atoms with E-state index in [0.29, 0.717) is 29.5 Å². The Morgan fingerprint density at radius 1 is 1.28 bits per heavy atom. The number of carbonyl (C=O) groups is 2. The molecule has 1 amide bonds. The Kier molecular flexibility index (Phi) is 6.58. The lowest BCUT2D eigenvalue weighted by Gasteiger charge is -2.16. The molecule has 1 heterocycles. The first kappa shape index (κ1) is 19.0. The maximum Gasteiger partial charge on any atom is 0.326 e. The molecule has 2 N–H and O–H groups in total. The predicted molar refractivity (Wildman–Crippen MR) is 94.3 cm³/mol. The van der Waals surface area contributed by atoms with Crippen molar-refractivity contribution >= 4 is 23.5 Å². The third-order valence-electron chi connectivity index (χ3n) is 3.59. The summed E-state index contributed by atoms with van der Waals surface area (Å²) in [5.41, 5.74) is 0.843. The van der Waals surface area contributed by atoms with Crippen molar-refractivity contribution in [2.24, 2.45) is 5.92 Å². The van der Waals surface area contributed by atoms with Gasteiger partial charge in [0, 0.05) is 23.4 Å². The van der Waals surface area contributed by atoms with Crippen LogP contribution in [0.2, 0.25) is 5.02 Å². The molecule has 0 radical (unpaired) electrons. The van der Waals surface area contributed by atoms with Crippen LogP contribution >= 0.6 is 11.6 Å². The van der Waals surface area contributed by atoms with Crippen molar-refractivity contribution in [1.29, 1.82) is 0 Å². The zero-order chi connectivity index (χ0) is 18.4. The second-order valence-electron chi connectivity index (χ2n) is 6.21. The predicted octanol–water partition coefficient (Wildman–Crippen LogP) is 3.54. The van der Waals surface area contributed by atoms with Gasteiger partial charge in [-0.05, 0) is 36.6 Å². The van der Waals surface area contributed by atoms with Crippen LogP contribution in [0.15, 0.2) is 34.9 Å². The molecule has 7 heteroatoms. The Morgan fingerprint density at radius 3 is 2.56 bits per heavy atom. The number of rotatable bonds is 8. The summed E-state index contributed by atoms with van der Waals surface area (Å²) in [7, 11) is 0. The Morgan fingerprint density at radius 2 is 1.96 bits per heavy atom. The van der Waals surface area contributed by atoms with Crippen molar-refractivity contribution in [3.63, 3.8) is 0 Å². The number of carbonyl (C=O) groups excluding carboxylic acids is 1. The number of carboxylic acids is 1. The molecule has 0 spiro atoms. The van der Waals surface area contributed by atoms with Crippen LogP contribution in [0.3, 0.4) is 0 Å². The molecule has 0 saturated heterocycles. The van der Waals surface area contributed by atoms with Crippen molar-refractivity contribution in [2.75, 3.05) is 0 Å². The minimum absolute atomic E-state index is 0.114. The minimum Gasteiger partial charge on any atom is -0.480 e. The van der Waals surface area contributed by atoms with Gasteiger partial charge in [-0.1, -0.05) is 25.4 Å². The normalized spacial score (nSPS) is 12.2. The van der Waals surface area contributed by atoms with Gasteiger partial charge in [-0.15, -0.1) is 0 Å². The first-order valence-corrected chi connectivity index (χ1v) is 8.45. The van der Waals surface area contributed by atoms with Crippen LogP contribution in [0.1, 0.15) is 32.6 Å². The van der Waals surface area contributed by atoms with Crippen molar-refractivity contribution in [3.05, 3.63) is 41.4 Å². The van der Waals surface area contributed by atoms with Crippen molar-refractivity contribution < 1.29 is 19.1 Å². The van der Waals surface area contributed by atoms with Gasteiger partial charge in [-0.2, -0.15) is 0 Å². The minimum atomic E-state index is -1.02. The van der Waals surface area contributed by atoms with E-state index in [2.05, 4.69) is 10.3 Å². The molecular weight excluding hydrogens is 344 g/mol. The highest BCUT2D eigenvalue weighted by atomic mass is 35.5. The number of aliphatic carboxylic acids is 1. The second-order valence-corrected chi connectivity index (χ2v) is 6.65. The number of benzene rings is 1. The zero-order valence-electron chi connectivity index (χ0n) is 14.2. The Bertz CT molecular complexity index is 725. The number of nitrogens with zero attached hydrogens (tertiary/aromatic N) is 1. The number of nitrogens with one attached hydrogen (secondary N) is 1. The smallest absolute Gasteiger partial charge is 0.326 e. The number of aryl methyl sites for hydroxylation is 1. The molecular formula is C18H21ClN2O4. The monoisotopic (exact) mass is 364 g/mol. The van der Waals surface area contributed by atoms with Gasteiger partial charge in [0.05, 0.1) is 6.20 Å². The number of halogens is 1. The van der Waals surface area contributed by atoms with Crippen molar-refractivity contribution in [1.82, 2.24) is 10.3 Å². The van der Waals surface area contributed by atoms with Crippen LogP contribution in [0.5, 0.6) is 0 Å². The van der Waals surface area contributed by atoms with Crippen molar-refractivity contribution in [3.8, 4) is 11.3 Å². The average molecular weight is 365 g/mol. The molecule has 6 nitrogen and oxygen atoms in total. The third kappa shape index (κ3) is 5.90. The topological polar surface area (TPSA) is 92.4 Å².